The van der Waals surface area contributed by atoms with Crippen molar-refractivity contribution in [2.75, 3.05) is 6.61 Å². The molecule has 0 aromatic heterocycles. The van der Waals surface area contributed by atoms with Gasteiger partial charge in [-0.2, -0.15) is 0 Å². The van der Waals surface area contributed by atoms with Crippen LogP contribution in [0.3, 0.4) is 0 Å². The molecular formula is C14H21O19P3. The van der Waals surface area contributed by atoms with Crippen LogP contribution in [0, 0.1) is 11.8 Å². The lowest BCUT2D eigenvalue weighted by atomic mass is 9.87. The van der Waals surface area contributed by atoms with E-state index in [1.165, 1.54) is 0 Å². The minimum atomic E-state index is -5.56. The molecule has 206 valence electrons. The van der Waals surface area contributed by atoms with Gasteiger partial charge in [-0.05, 0) is 0 Å². The van der Waals surface area contributed by atoms with Gasteiger partial charge in [0.25, 0.3) is 0 Å². The second-order valence-corrected chi connectivity index (χ2v) is 11.6. The molecule has 0 spiro atoms. The Kier molecular flexibility index (Phi) is 9.45. The van der Waals surface area contributed by atoms with Gasteiger partial charge in [-0.3, -0.25) is 37.3 Å². The first kappa shape index (κ1) is 31.1. The molecule has 0 bridgehead atoms. The molecule has 36 heavy (non-hydrogen) atoms. The lowest BCUT2D eigenvalue weighted by molar-refractivity contribution is -0.173. The second-order valence-electron chi connectivity index (χ2n) is 7.77. The second kappa shape index (κ2) is 10.9. The van der Waals surface area contributed by atoms with Gasteiger partial charge in [-0.1, -0.05) is 0 Å². The minimum Gasteiger partial charge on any atom is -0.389 e. The van der Waals surface area contributed by atoms with Crippen molar-refractivity contribution < 1.29 is 90.8 Å². The molecule has 9 atom stereocenters. The van der Waals surface area contributed by atoms with Crippen molar-refractivity contribution in [3.63, 3.8) is 0 Å². The molecule has 2 aliphatic rings. The van der Waals surface area contributed by atoms with Crippen molar-refractivity contribution in [1.29, 1.82) is 0 Å². The van der Waals surface area contributed by atoms with Crippen LogP contribution in [0.15, 0.2) is 0 Å². The van der Waals surface area contributed by atoms with Crippen LogP contribution in [0.2, 0.25) is 0 Å². The molecule has 0 radical (unpaired) electrons. The van der Waals surface area contributed by atoms with Crippen LogP contribution >= 0.6 is 23.5 Å². The Morgan fingerprint density at radius 2 is 1.42 bits per heavy atom. The van der Waals surface area contributed by atoms with Crippen molar-refractivity contribution in [1.82, 2.24) is 0 Å². The molecule has 0 aliphatic heterocycles. The van der Waals surface area contributed by atoms with Gasteiger partial charge in [-0.15, -0.1) is 0 Å². The summed E-state index contributed by atoms with van der Waals surface area (Å²) in [6, 6.07) is 0. The van der Waals surface area contributed by atoms with E-state index in [9.17, 15) is 53.1 Å². The summed E-state index contributed by atoms with van der Waals surface area (Å²) in [5.74, 6) is -6.10. The Balaban J connectivity index is 2.30. The number of Topliss-reactive ketones (excluding diaryl/α,β-unsaturated/α-hetero) is 2. The number of hydrogen-bond donors (Lipinski definition) is 8. The number of rotatable bonds is 14. The number of phosphoric ester groups is 3. The number of hydrogen-bond acceptors (Lipinski definition) is 14. The van der Waals surface area contributed by atoms with Gasteiger partial charge in [0.15, 0.2) is 18.4 Å². The average molecular weight is 586 g/mol. The molecule has 0 amide bonds. The summed E-state index contributed by atoms with van der Waals surface area (Å²) in [7, 11) is -16.6. The number of aliphatic hydroxyl groups is 3. The predicted molar refractivity (Wildman–Crippen MR) is 105 cm³/mol. The van der Waals surface area contributed by atoms with Gasteiger partial charge in [0, 0.05) is 6.42 Å². The quantitative estimate of drug-likeness (QED) is 0.0547. The van der Waals surface area contributed by atoms with Gasteiger partial charge in [0.1, 0.15) is 30.0 Å². The van der Waals surface area contributed by atoms with Gasteiger partial charge in [0.2, 0.25) is 5.78 Å². The van der Waals surface area contributed by atoms with Crippen LogP contribution < -0.4 is 0 Å². The highest BCUT2D eigenvalue weighted by Crippen LogP contribution is 2.63. The van der Waals surface area contributed by atoms with E-state index < -0.39 is 96.0 Å². The van der Waals surface area contributed by atoms with E-state index in [-0.39, 0.29) is 12.6 Å². The van der Waals surface area contributed by atoms with Crippen molar-refractivity contribution in [2.24, 2.45) is 11.8 Å². The maximum Gasteiger partial charge on any atom is 0.472 e. The summed E-state index contributed by atoms with van der Waals surface area (Å²) in [6.07, 6.45) is -13.3. The van der Waals surface area contributed by atoms with Crippen LogP contribution in [-0.2, 0) is 51.0 Å². The maximum atomic E-state index is 12.4. The normalized spacial score (nSPS) is 34.7. The number of aliphatic hydroxyl groups excluding tert-OH is 2. The van der Waals surface area contributed by atoms with Gasteiger partial charge < -0.3 is 39.8 Å². The number of phosphoric acid groups is 3. The average Bonchev–Trinajstić information content (AvgIpc) is 3.30. The van der Waals surface area contributed by atoms with E-state index in [1.54, 1.807) is 0 Å². The number of carbonyl (C=O) groups is 4. The molecule has 8 N–H and O–H groups in total. The van der Waals surface area contributed by atoms with Crippen molar-refractivity contribution in [3.05, 3.63) is 0 Å². The molecule has 2 fully saturated rings. The van der Waals surface area contributed by atoms with Gasteiger partial charge >= 0.3 is 23.5 Å². The number of aldehydes is 2. The Bertz CT molecular complexity index is 1030. The van der Waals surface area contributed by atoms with Crippen molar-refractivity contribution in [3.8, 4) is 0 Å². The smallest absolute Gasteiger partial charge is 0.389 e. The molecule has 0 aromatic carbocycles. The lowest BCUT2D eigenvalue weighted by Crippen LogP contribution is -2.59. The summed E-state index contributed by atoms with van der Waals surface area (Å²) >= 11 is 0. The maximum absolute atomic E-state index is 12.4. The number of ketones is 2. The summed E-state index contributed by atoms with van der Waals surface area (Å²) in [4.78, 5) is 90.3. The molecule has 6 unspecified atom stereocenters. The summed E-state index contributed by atoms with van der Waals surface area (Å²) in [5.41, 5.74) is -2.79. The number of carbonyl (C=O) groups excluding carboxylic acids is 4. The summed E-state index contributed by atoms with van der Waals surface area (Å²) < 4.78 is 52.7. The van der Waals surface area contributed by atoms with E-state index >= 15 is 0 Å². The Hall–Kier alpha value is -1.11. The van der Waals surface area contributed by atoms with Crippen LogP contribution in [0.25, 0.3) is 0 Å². The van der Waals surface area contributed by atoms with Crippen molar-refractivity contribution >= 4 is 47.6 Å². The highest BCUT2D eigenvalue weighted by molar-refractivity contribution is 7.47. The van der Waals surface area contributed by atoms with E-state index in [0.717, 1.165) is 0 Å². The van der Waals surface area contributed by atoms with E-state index in [0.29, 0.717) is 0 Å². The van der Waals surface area contributed by atoms with E-state index in [1.807, 2.05) is 0 Å². The molecule has 0 heterocycles. The molecule has 2 saturated carbocycles. The molecule has 0 aromatic rings. The molecule has 2 aliphatic carbocycles. The minimum absolute atomic E-state index is 0.195. The topological polar surface area (TPSA) is 318 Å². The van der Waals surface area contributed by atoms with Crippen molar-refractivity contribution in [2.45, 2.75) is 42.5 Å². The van der Waals surface area contributed by atoms with E-state index in [2.05, 4.69) is 18.1 Å². The monoisotopic (exact) mass is 586 g/mol. The third-order valence-electron chi connectivity index (χ3n) is 5.32. The Morgan fingerprint density at radius 1 is 0.889 bits per heavy atom. The zero-order valence-corrected chi connectivity index (χ0v) is 20.2. The fourth-order valence-electron chi connectivity index (χ4n) is 3.75. The summed E-state index contributed by atoms with van der Waals surface area (Å²) in [6.45, 7) is -1.18. The van der Waals surface area contributed by atoms with Crippen LogP contribution in [0.1, 0.15) is 6.42 Å². The SMILES string of the molecule is O=CC(=O)C[C@H](COP(=O)(O)OC1C(O)[C@@H](OP(=O)(O)O)C(OP(=O)(O)O)[C@H]2C(O)C12O)C(=O)C=O. The first-order valence-electron chi connectivity index (χ1n) is 9.46. The highest BCUT2D eigenvalue weighted by atomic mass is 31.2. The Morgan fingerprint density at radius 3 is 1.89 bits per heavy atom. The Labute approximate surface area is 200 Å². The highest BCUT2D eigenvalue weighted by Gasteiger charge is 2.79. The fourth-order valence-corrected chi connectivity index (χ4v) is 5.89. The van der Waals surface area contributed by atoms with E-state index in [4.69, 9.17) is 19.6 Å². The first-order valence-corrected chi connectivity index (χ1v) is 14.0. The van der Waals surface area contributed by atoms with Crippen LogP contribution in [0.4, 0.5) is 0 Å². The molecule has 2 rings (SSSR count). The predicted octanol–water partition coefficient (Wildman–Crippen LogP) is -3.92. The van der Waals surface area contributed by atoms with Crippen LogP contribution in [-0.4, -0.2) is 107 Å². The standard InChI is InChI=1S/C14H21O19P3/c15-2-6(17)1-5(7(18)3-16)4-30-36(28,29)33-13-9(19)11(32-35(25,26)27)10(31-34(22,23)24)8-12(20)14(8,13)21/h2-3,5,8-13,19-21H,1,4H2,(H,28,29)(H2,22,23,24)(H2,25,26,27)/t5-,8+,9?,10?,11-,12?,13?,14?/m1/s1. The molecular weight excluding hydrogens is 565 g/mol. The zero-order chi connectivity index (χ0) is 27.9. The largest absolute Gasteiger partial charge is 0.472 e. The fraction of sp³-hybridized carbons (Fsp3) is 0.714. The third-order valence-corrected chi connectivity index (χ3v) is 7.33. The molecule has 19 nitrogen and oxygen atoms in total. The lowest BCUT2D eigenvalue weighted by Gasteiger charge is -2.41. The number of fused-ring (bicyclic) bond motifs is 1. The van der Waals surface area contributed by atoms with Gasteiger partial charge in [0.05, 0.1) is 24.5 Å². The zero-order valence-electron chi connectivity index (χ0n) is 17.5. The van der Waals surface area contributed by atoms with Crippen LogP contribution in [0.5, 0.6) is 0 Å². The summed E-state index contributed by atoms with van der Waals surface area (Å²) in [5, 5.41) is 31.3. The van der Waals surface area contributed by atoms with Gasteiger partial charge in [-0.25, -0.2) is 13.7 Å². The molecule has 0 saturated heterocycles. The first-order chi connectivity index (χ1) is 16.3. The third kappa shape index (κ3) is 7.26. The molecule has 22 heteroatoms.